The van der Waals surface area contributed by atoms with Crippen LogP contribution in [-0.2, 0) is 0 Å². The van der Waals surface area contributed by atoms with Gasteiger partial charge in [-0.3, -0.25) is 4.79 Å². The Morgan fingerprint density at radius 1 is 0.919 bits per heavy atom. The summed E-state index contributed by atoms with van der Waals surface area (Å²) in [4.78, 5) is 22.1. The van der Waals surface area contributed by atoms with E-state index < -0.39 is 5.91 Å². The number of rotatable bonds is 6. The van der Waals surface area contributed by atoms with Gasteiger partial charge >= 0.3 is 0 Å². The summed E-state index contributed by atoms with van der Waals surface area (Å²) >= 11 is 6.32. The molecule has 3 aromatic carbocycles. The van der Waals surface area contributed by atoms with Crippen LogP contribution in [0.4, 0.5) is 4.39 Å². The van der Waals surface area contributed by atoms with Gasteiger partial charge in [-0.25, -0.2) is 19.8 Å². The van der Waals surface area contributed by atoms with Gasteiger partial charge in [0.15, 0.2) is 0 Å². The minimum absolute atomic E-state index is 0.254. The van der Waals surface area contributed by atoms with E-state index in [1.807, 2.05) is 48.5 Å². The number of aromatic nitrogens is 2. The van der Waals surface area contributed by atoms with Crippen LogP contribution >= 0.6 is 11.6 Å². The molecule has 5 aromatic rings. The SMILES string of the molecule is COc1ccc2nc(Cl)c(/C=N/NC(=O)c3cc(-c4ccccc4)nc(-c4ccc(F)cc4)c3)cc2c1. The highest BCUT2D eigenvalue weighted by Gasteiger charge is 2.13. The largest absolute Gasteiger partial charge is 0.497 e. The van der Waals surface area contributed by atoms with E-state index in [1.165, 1.54) is 18.3 Å². The van der Waals surface area contributed by atoms with Gasteiger partial charge in [-0.15, -0.1) is 0 Å². The van der Waals surface area contributed by atoms with Crippen LogP contribution in [0.5, 0.6) is 5.75 Å². The number of amides is 1. The van der Waals surface area contributed by atoms with Gasteiger partial charge in [0.2, 0.25) is 0 Å². The van der Waals surface area contributed by atoms with E-state index in [-0.39, 0.29) is 11.0 Å². The van der Waals surface area contributed by atoms with Crippen molar-refractivity contribution in [2.45, 2.75) is 0 Å². The molecule has 0 atom stereocenters. The molecule has 0 radical (unpaired) electrons. The van der Waals surface area contributed by atoms with Crippen molar-refractivity contribution >= 4 is 34.6 Å². The number of hydrogen-bond acceptors (Lipinski definition) is 5. The van der Waals surface area contributed by atoms with Gasteiger partial charge in [0.1, 0.15) is 16.7 Å². The number of fused-ring (bicyclic) bond motifs is 1. The summed E-state index contributed by atoms with van der Waals surface area (Å²) in [5.41, 5.74) is 6.80. The van der Waals surface area contributed by atoms with E-state index in [0.717, 1.165) is 10.9 Å². The second-order valence-electron chi connectivity index (χ2n) is 8.13. The number of carbonyl (C=O) groups is 1. The Morgan fingerprint density at radius 3 is 2.32 bits per heavy atom. The summed E-state index contributed by atoms with van der Waals surface area (Å²) in [6.45, 7) is 0. The summed E-state index contributed by atoms with van der Waals surface area (Å²) in [7, 11) is 1.59. The fourth-order valence-corrected chi connectivity index (χ4v) is 3.97. The van der Waals surface area contributed by atoms with Crippen molar-refractivity contribution in [2.75, 3.05) is 7.11 Å². The van der Waals surface area contributed by atoms with E-state index >= 15 is 0 Å². The molecule has 2 heterocycles. The van der Waals surface area contributed by atoms with E-state index in [1.54, 1.807) is 37.4 Å². The molecule has 0 unspecified atom stereocenters. The van der Waals surface area contributed by atoms with Crippen molar-refractivity contribution in [1.82, 2.24) is 15.4 Å². The number of benzene rings is 3. The van der Waals surface area contributed by atoms with Crippen LogP contribution in [0, 0.1) is 5.82 Å². The number of carbonyl (C=O) groups excluding carboxylic acids is 1. The third-order valence-electron chi connectivity index (χ3n) is 5.67. The third-order valence-corrected chi connectivity index (χ3v) is 5.97. The van der Waals surface area contributed by atoms with E-state index in [2.05, 4.69) is 15.5 Å². The Hall–Kier alpha value is -4.62. The molecular weight excluding hydrogens is 491 g/mol. The lowest BCUT2D eigenvalue weighted by molar-refractivity contribution is 0.0955. The van der Waals surface area contributed by atoms with Crippen molar-refractivity contribution in [3.8, 4) is 28.3 Å². The lowest BCUT2D eigenvalue weighted by atomic mass is 10.0. The first-order valence-corrected chi connectivity index (χ1v) is 11.7. The summed E-state index contributed by atoms with van der Waals surface area (Å²) in [6, 6.07) is 26.0. The van der Waals surface area contributed by atoms with Gasteiger partial charge in [0, 0.05) is 27.6 Å². The first-order valence-electron chi connectivity index (χ1n) is 11.3. The second kappa shape index (κ2) is 10.6. The van der Waals surface area contributed by atoms with E-state index in [0.29, 0.717) is 39.3 Å². The Kier molecular flexibility index (Phi) is 6.87. The average Bonchev–Trinajstić information content (AvgIpc) is 2.93. The minimum atomic E-state index is -0.439. The number of nitrogens with zero attached hydrogens (tertiary/aromatic N) is 3. The minimum Gasteiger partial charge on any atom is -0.497 e. The average molecular weight is 511 g/mol. The highest BCUT2D eigenvalue weighted by Crippen LogP contribution is 2.26. The zero-order valence-corrected chi connectivity index (χ0v) is 20.4. The predicted molar refractivity (Wildman–Crippen MR) is 143 cm³/mol. The van der Waals surface area contributed by atoms with Gasteiger partial charge in [-0.2, -0.15) is 5.10 Å². The van der Waals surface area contributed by atoms with Crippen molar-refractivity contribution in [2.24, 2.45) is 5.10 Å². The maximum atomic E-state index is 13.5. The number of hydrazone groups is 1. The van der Waals surface area contributed by atoms with Gasteiger partial charge < -0.3 is 4.74 Å². The van der Waals surface area contributed by atoms with Crippen LogP contribution in [-0.4, -0.2) is 29.2 Å². The molecule has 1 amide bonds. The normalized spacial score (nSPS) is 11.1. The molecule has 1 N–H and O–H groups in total. The fraction of sp³-hybridized carbons (Fsp3) is 0.0345. The molecule has 0 saturated heterocycles. The summed E-state index contributed by atoms with van der Waals surface area (Å²) in [5.74, 6) is -0.0991. The van der Waals surface area contributed by atoms with Gasteiger partial charge in [-0.1, -0.05) is 41.9 Å². The summed E-state index contributed by atoms with van der Waals surface area (Å²) in [5, 5.41) is 5.17. The highest BCUT2D eigenvalue weighted by atomic mass is 35.5. The number of methoxy groups -OCH3 is 1. The van der Waals surface area contributed by atoms with Gasteiger partial charge in [-0.05, 0) is 60.7 Å². The van der Waals surface area contributed by atoms with Crippen LogP contribution in [0.1, 0.15) is 15.9 Å². The van der Waals surface area contributed by atoms with Crippen LogP contribution < -0.4 is 10.2 Å². The number of hydrogen-bond donors (Lipinski definition) is 1. The quantitative estimate of drug-likeness (QED) is 0.160. The number of halogens is 2. The zero-order chi connectivity index (χ0) is 25.8. The molecule has 0 aliphatic rings. The first-order chi connectivity index (χ1) is 18.0. The van der Waals surface area contributed by atoms with Crippen molar-refractivity contribution in [3.63, 3.8) is 0 Å². The molecule has 5 rings (SSSR count). The molecule has 182 valence electrons. The Balaban J connectivity index is 1.44. The summed E-state index contributed by atoms with van der Waals surface area (Å²) in [6.07, 6.45) is 1.44. The Bertz CT molecular complexity index is 1620. The zero-order valence-electron chi connectivity index (χ0n) is 19.7. The van der Waals surface area contributed by atoms with E-state index in [9.17, 15) is 9.18 Å². The topological polar surface area (TPSA) is 76.5 Å². The molecule has 8 heteroatoms. The molecule has 6 nitrogen and oxygen atoms in total. The molecule has 0 aliphatic carbocycles. The van der Waals surface area contributed by atoms with Crippen LogP contribution in [0.2, 0.25) is 5.15 Å². The smallest absolute Gasteiger partial charge is 0.271 e. The molecular formula is C29H20ClFN4O2. The molecule has 37 heavy (non-hydrogen) atoms. The van der Waals surface area contributed by atoms with Crippen molar-refractivity contribution < 1.29 is 13.9 Å². The molecule has 0 fully saturated rings. The third kappa shape index (κ3) is 5.47. The molecule has 0 bridgehead atoms. The molecule has 0 spiro atoms. The lowest BCUT2D eigenvalue weighted by Crippen LogP contribution is -2.18. The second-order valence-corrected chi connectivity index (χ2v) is 8.48. The Labute approximate surface area is 217 Å². The van der Waals surface area contributed by atoms with Crippen LogP contribution in [0.3, 0.4) is 0 Å². The maximum absolute atomic E-state index is 13.5. The number of pyridine rings is 2. The van der Waals surface area contributed by atoms with Crippen molar-refractivity contribution in [1.29, 1.82) is 0 Å². The van der Waals surface area contributed by atoms with E-state index in [4.69, 9.17) is 21.3 Å². The predicted octanol–water partition coefficient (Wildman–Crippen LogP) is 6.53. The van der Waals surface area contributed by atoms with Crippen LogP contribution in [0.15, 0.2) is 96.1 Å². The lowest BCUT2D eigenvalue weighted by Gasteiger charge is -2.09. The molecule has 0 aliphatic heterocycles. The molecule has 0 saturated carbocycles. The fourth-order valence-electron chi connectivity index (χ4n) is 3.78. The maximum Gasteiger partial charge on any atom is 0.271 e. The van der Waals surface area contributed by atoms with Gasteiger partial charge in [0.25, 0.3) is 5.91 Å². The van der Waals surface area contributed by atoms with Gasteiger partial charge in [0.05, 0.1) is 30.2 Å². The Morgan fingerprint density at radius 2 is 1.62 bits per heavy atom. The summed E-state index contributed by atoms with van der Waals surface area (Å²) < 4.78 is 18.7. The first kappa shape index (κ1) is 24.1. The van der Waals surface area contributed by atoms with Crippen LogP contribution in [0.25, 0.3) is 33.4 Å². The highest BCUT2D eigenvalue weighted by molar-refractivity contribution is 6.32. The molecule has 2 aromatic heterocycles. The standard InChI is InChI=1S/C29H20ClFN4O2/c1-37-24-11-12-25-20(14-24)13-22(28(30)34-25)17-32-35-29(36)21-15-26(18-5-3-2-4-6-18)33-27(16-21)19-7-9-23(31)10-8-19/h2-17H,1H3,(H,35,36)/b32-17+. The van der Waals surface area contributed by atoms with Crippen molar-refractivity contribution in [3.05, 3.63) is 113 Å². The number of nitrogens with one attached hydrogen (secondary N) is 1. The number of ether oxygens (including phenoxy) is 1. The monoisotopic (exact) mass is 510 g/mol.